The van der Waals surface area contributed by atoms with Crippen LogP contribution < -0.4 is 5.32 Å². The molecule has 0 radical (unpaired) electrons. The van der Waals surface area contributed by atoms with Crippen molar-refractivity contribution in [2.75, 3.05) is 13.2 Å². The fraction of sp³-hybridized carbons (Fsp3) is 0.692. The number of aromatic nitrogens is 2. The van der Waals surface area contributed by atoms with Gasteiger partial charge in [-0.15, -0.1) is 0 Å². The van der Waals surface area contributed by atoms with Gasteiger partial charge in [-0.05, 0) is 33.7 Å². The Kier molecular flexibility index (Phi) is 5.34. The highest BCUT2D eigenvalue weighted by molar-refractivity contribution is 5.80. The van der Waals surface area contributed by atoms with E-state index in [0.29, 0.717) is 13.2 Å². The first-order chi connectivity index (χ1) is 8.53. The van der Waals surface area contributed by atoms with E-state index in [9.17, 15) is 4.79 Å². The Morgan fingerprint density at radius 2 is 2.28 bits per heavy atom. The van der Waals surface area contributed by atoms with Crippen LogP contribution >= 0.6 is 0 Å². The van der Waals surface area contributed by atoms with E-state index in [1.165, 1.54) is 0 Å². The van der Waals surface area contributed by atoms with Crippen LogP contribution in [0.2, 0.25) is 0 Å². The smallest absolute Gasteiger partial charge is 0.327 e. The van der Waals surface area contributed by atoms with E-state index in [0.717, 1.165) is 18.8 Å². The van der Waals surface area contributed by atoms with Crippen LogP contribution in [0, 0.1) is 6.92 Å². The van der Waals surface area contributed by atoms with Crippen LogP contribution in [0.5, 0.6) is 0 Å². The number of hydrogen-bond donors (Lipinski definition) is 1. The van der Waals surface area contributed by atoms with Gasteiger partial charge in [0.1, 0.15) is 11.4 Å². The number of hydrogen-bond acceptors (Lipinski definition) is 4. The predicted octanol–water partition coefficient (Wildman–Crippen LogP) is 1.51. The summed E-state index contributed by atoms with van der Waals surface area (Å²) in [5.74, 6) is 0.676. The number of nitrogens with zero attached hydrogens (tertiary/aromatic N) is 2. The number of carbonyl (C=O) groups excluding carboxylic acids is 1. The van der Waals surface area contributed by atoms with Crippen molar-refractivity contribution < 1.29 is 9.53 Å². The molecule has 0 aliphatic carbocycles. The molecule has 1 aromatic heterocycles. The van der Waals surface area contributed by atoms with Crippen molar-refractivity contribution in [2.45, 2.75) is 46.2 Å². The summed E-state index contributed by atoms with van der Waals surface area (Å²) < 4.78 is 7.12. The average molecular weight is 253 g/mol. The zero-order valence-electron chi connectivity index (χ0n) is 11.7. The Bertz CT molecular complexity index is 389. The van der Waals surface area contributed by atoms with Crippen LogP contribution in [0.1, 0.15) is 33.0 Å². The largest absolute Gasteiger partial charge is 0.465 e. The maximum absolute atomic E-state index is 12.1. The van der Waals surface area contributed by atoms with E-state index in [4.69, 9.17) is 4.74 Å². The quantitative estimate of drug-likeness (QED) is 0.748. The van der Waals surface area contributed by atoms with Crippen molar-refractivity contribution in [3.05, 3.63) is 18.2 Å². The van der Waals surface area contributed by atoms with Gasteiger partial charge >= 0.3 is 5.97 Å². The van der Waals surface area contributed by atoms with E-state index in [-0.39, 0.29) is 5.97 Å². The molecule has 1 rings (SSSR count). The topological polar surface area (TPSA) is 56.2 Å². The van der Waals surface area contributed by atoms with Crippen LogP contribution in [-0.2, 0) is 16.1 Å². The summed E-state index contributed by atoms with van der Waals surface area (Å²) in [7, 11) is 0. The highest BCUT2D eigenvalue weighted by Crippen LogP contribution is 2.12. The number of carbonyl (C=O) groups is 1. The Hall–Kier alpha value is -1.36. The van der Waals surface area contributed by atoms with Crippen LogP contribution in [0.15, 0.2) is 12.4 Å². The van der Waals surface area contributed by atoms with Gasteiger partial charge in [0, 0.05) is 12.4 Å². The molecule has 0 bridgehead atoms. The first kappa shape index (κ1) is 14.7. The third-order valence-electron chi connectivity index (χ3n) is 2.90. The molecular weight excluding hydrogens is 230 g/mol. The normalized spacial score (nSPS) is 14.2. The minimum absolute atomic E-state index is 0.216. The molecule has 0 aliphatic rings. The molecule has 1 N–H and O–H groups in total. The molecular formula is C13H23N3O2. The molecule has 1 aromatic rings. The van der Waals surface area contributed by atoms with Crippen molar-refractivity contribution in [1.29, 1.82) is 0 Å². The average Bonchev–Trinajstić information content (AvgIpc) is 2.73. The summed E-state index contributed by atoms with van der Waals surface area (Å²) >= 11 is 0. The molecule has 102 valence electrons. The summed E-state index contributed by atoms with van der Waals surface area (Å²) in [4.78, 5) is 16.3. The highest BCUT2D eigenvalue weighted by atomic mass is 16.5. The Morgan fingerprint density at radius 3 is 2.78 bits per heavy atom. The van der Waals surface area contributed by atoms with Crippen LogP contribution in [0.3, 0.4) is 0 Å². The van der Waals surface area contributed by atoms with E-state index in [2.05, 4.69) is 17.2 Å². The maximum Gasteiger partial charge on any atom is 0.327 e. The number of rotatable bonds is 7. The van der Waals surface area contributed by atoms with Gasteiger partial charge in [0.2, 0.25) is 0 Å². The van der Waals surface area contributed by atoms with Crippen LogP contribution in [-0.4, -0.2) is 34.2 Å². The number of aryl methyl sites for hydroxylation is 1. The van der Waals surface area contributed by atoms with Crippen LogP contribution in [0.4, 0.5) is 0 Å². The van der Waals surface area contributed by atoms with Crippen LogP contribution in [0.25, 0.3) is 0 Å². The van der Waals surface area contributed by atoms with Gasteiger partial charge in [0.25, 0.3) is 0 Å². The van der Waals surface area contributed by atoms with Gasteiger partial charge in [-0.3, -0.25) is 0 Å². The molecule has 1 heterocycles. The number of ether oxygens (including phenoxy) is 1. The molecule has 18 heavy (non-hydrogen) atoms. The zero-order chi connectivity index (χ0) is 13.6. The molecule has 0 aromatic carbocycles. The molecule has 5 heteroatoms. The summed E-state index contributed by atoms with van der Waals surface area (Å²) in [6.07, 6.45) is 4.58. The molecule has 0 amide bonds. The Morgan fingerprint density at radius 1 is 1.56 bits per heavy atom. The van der Waals surface area contributed by atoms with E-state index in [1.54, 1.807) is 6.20 Å². The summed E-state index contributed by atoms with van der Waals surface area (Å²) in [5, 5.41) is 3.27. The predicted molar refractivity (Wildman–Crippen MR) is 70.3 cm³/mol. The number of esters is 1. The number of nitrogens with one attached hydrogen (secondary N) is 1. The minimum atomic E-state index is -0.711. The molecule has 0 saturated heterocycles. The van der Waals surface area contributed by atoms with Crippen molar-refractivity contribution in [1.82, 2.24) is 14.9 Å². The zero-order valence-corrected chi connectivity index (χ0v) is 11.7. The van der Waals surface area contributed by atoms with Gasteiger partial charge in [0.15, 0.2) is 0 Å². The van der Waals surface area contributed by atoms with E-state index >= 15 is 0 Å². The lowest BCUT2D eigenvalue weighted by atomic mass is 10.0. The second-order valence-corrected chi connectivity index (χ2v) is 4.58. The van der Waals surface area contributed by atoms with E-state index < -0.39 is 5.54 Å². The molecule has 1 atom stereocenters. The molecule has 0 fully saturated rings. The molecule has 1 unspecified atom stereocenters. The monoisotopic (exact) mass is 253 g/mol. The van der Waals surface area contributed by atoms with Gasteiger partial charge in [-0.1, -0.05) is 6.92 Å². The summed E-state index contributed by atoms with van der Waals surface area (Å²) in [6.45, 7) is 9.39. The van der Waals surface area contributed by atoms with Gasteiger partial charge < -0.3 is 14.6 Å². The SMILES string of the molecule is CCCNC(C)(Cn1ccnc1C)C(=O)OCC. The van der Waals surface area contributed by atoms with Crippen molar-refractivity contribution in [3.63, 3.8) is 0 Å². The molecule has 0 saturated carbocycles. The van der Waals surface area contributed by atoms with Gasteiger partial charge in [-0.2, -0.15) is 0 Å². The highest BCUT2D eigenvalue weighted by Gasteiger charge is 2.34. The minimum Gasteiger partial charge on any atom is -0.465 e. The fourth-order valence-corrected chi connectivity index (χ4v) is 1.80. The Balaban J connectivity index is 2.83. The standard InChI is InChI=1S/C13H23N3O2/c1-5-7-15-13(4,12(17)18-6-2)10-16-9-8-14-11(16)3/h8-9,15H,5-7,10H2,1-4H3. The lowest BCUT2D eigenvalue weighted by molar-refractivity contribution is -0.151. The van der Waals surface area contributed by atoms with Crippen molar-refractivity contribution in [2.24, 2.45) is 0 Å². The summed E-state index contributed by atoms with van der Waals surface area (Å²) in [6, 6.07) is 0. The second-order valence-electron chi connectivity index (χ2n) is 4.58. The summed E-state index contributed by atoms with van der Waals surface area (Å²) in [5.41, 5.74) is -0.711. The Labute approximate surface area is 109 Å². The lowest BCUT2D eigenvalue weighted by Gasteiger charge is -2.29. The molecule has 0 spiro atoms. The molecule has 0 aliphatic heterocycles. The molecule has 5 nitrogen and oxygen atoms in total. The first-order valence-corrected chi connectivity index (χ1v) is 6.43. The van der Waals surface area contributed by atoms with Gasteiger partial charge in [-0.25, -0.2) is 9.78 Å². The number of imidazole rings is 1. The fourth-order valence-electron chi connectivity index (χ4n) is 1.80. The van der Waals surface area contributed by atoms with Gasteiger partial charge in [0.05, 0.1) is 13.2 Å². The second kappa shape index (κ2) is 6.54. The first-order valence-electron chi connectivity index (χ1n) is 6.43. The third-order valence-corrected chi connectivity index (χ3v) is 2.90. The van der Waals surface area contributed by atoms with E-state index in [1.807, 2.05) is 31.5 Å². The lowest BCUT2D eigenvalue weighted by Crippen LogP contribution is -2.53. The maximum atomic E-state index is 12.1. The van der Waals surface area contributed by atoms with Crippen molar-refractivity contribution >= 4 is 5.97 Å². The third kappa shape index (κ3) is 3.57. The van der Waals surface area contributed by atoms with Crippen molar-refractivity contribution in [3.8, 4) is 0 Å².